The zero-order valence-corrected chi connectivity index (χ0v) is 9.69. The number of nitrogens with two attached hydrogens (primary N) is 1. The summed E-state index contributed by atoms with van der Waals surface area (Å²) in [6.07, 6.45) is 0. The van der Waals surface area contributed by atoms with Crippen LogP contribution >= 0.6 is 27.3 Å². The van der Waals surface area contributed by atoms with E-state index in [-0.39, 0.29) is 12.3 Å². The molecule has 1 aromatic carbocycles. The van der Waals surface area contributed by atoms with Crippen LogP contribution in [0.1, 0.15) is 9.67 Å². The van der Waals surface area contributed by atoms with Gasteiger partial charge in [-0.15, -0.1) is 11.3 Å². The van der Waals surface area contributed by atoms with E-state index in [1.165, 1.54) is 11.3 Å². The van der Waals surface area contributed by atoms with Gasteiger partial charge in [-0.2, -0.15) is 0 Å². The summed E-state index contributed by atoms with van der Waals surface area (Å²) in [6.45, 7) is 0.0774. The predicted octanol–water partition coefficient (Wildman–Crippen LogP) is 2.81. The molecule has 0 fully saturated rings. The molecule has 0 aliphatic carbocycles. The van der Waals surface area contributed by atoms with E-state index in [1.807, 2.05) is 24.3 Å². The summed E-state index contributed by atoms with van der Waals surface area (Å²) in [5.41, 5.74) is 5.30. The Bertz CT molecular complexity index is 492. The number of Topliss-reactive ketones (excluding diaryl/α,β-unsaturated/α-hetero) is 1. The van der Waals surface area contributed by atoms with Gasteiger partial charge in [-0.3, -0.25) is 4.79 Å². The molecule has 4 heteroatoms. The fourth-order valence-electron chi connectivity index (χ4n) is 1.24. The van der Waals surface area contributed by atoms with Crippen LogP contribution in [0, 0.1) is 0 Å². The van der Waals surface area contributed by atoms with Gasteiger partial charge in [-0.25, -0.2) is 0 Å². The van der Waals surface area contributed by atoms with Crippen LogP contribution in [0.5, 0.6) is 0 Å². The molecular formula is C10H8BrNOS. The van der Waals surface area contributed by atoms with Gasteiger partial charge in [0.15, 0.2) is 5.78 Å². The number of hydrogen-bond donors (Lipinski definition) is 1. The highest BCUT2D eigenvalue weighted by molar-refractivity contribution is 9.10. The highest BCUT2D eigenvalue weighted by Gasteiger charge is 2.08. The minimum absolute atomic E-state index is 0.00215. The third-order valence-electron chi connectivity index (χ3n) is 1.94. The van der Waals surface area contributed by atoms with Crippen LogP contribution in [-0.2, 0) is 0 Å². The summed E-state index contributed by atoms with van der Waals surface area (Å²) in [7, 11) is 0. The average molecular weight is 270 g/mol. The number of benzene rings is 1. The van der Waals surface area contributed by atoms with Gasteiger partial charge in [-0.1, -0.05) is 22.0 Å². The maximum absolute atomic E-state index is 11.3. The van der Waals surface area contributed by atoms with Gasteiger partial charge in [0, 0.05) is 9.17 Å². The monoisotopic (exact) mass is 269 g/mol. The second-order valence-electron chi connectivity index (χ2n) is 2.92. The molecule has 0 unspecified atom stereocenters. The van der Waals surface area contributed by atoms with Crippen molar-refractivity contribution in [2.24, 2.45) is 5.73 Å². The Morgan fingerprint density at radius 2 is 2.21 bits per heavy atom. The van der Waals surface area contributed by atoms with Crippen LogP contribution in [0.4, 0.5) is 0 Å². The number of thiophene rings is 1. The molecule has 2 N–H and O–H groups in total. The number of fused-ring (bicyclic) bond motifs is 1. The predicted molar refractivity (Wildman–Crippen MR) is 62.9 cm³/mol. The van der Waals surface area contributed by atoms with Crippen LogP contribution in [0.15, 0.2) is 28.7 Å². The van der Waals surface area contributed by atoms with Crippen LogP contribution in [0.2, 0.25) is 0 Å². The van der Waals surface area contributed by atoms with E-state index in [0.717, 1.165) is 19.4 Å². The van der Waals surface area contributed by atoms with Crippen molar-refractivity contribution >= 4 is 43.1 Å². The second kappa shape index (κ2) is 3.81. The molecule has 0 saturated carbocycles. The lowest BCUT2D eigenvalue weighted by molar-refractivity contribution is 0.101. The van der Waals surface area contributed by atoms with Crippen molar-refractivity contribution in [1.29, 1.82) is 0 Å². The Morgan fingerprint density at radius 1 is 1.43 bits per heavy atom. The van der Waals surface area contributed by atoms with Crippen molar-refractivity contribution in [2.45, 2.75) is 0 Å². The SMILES string of the molecule is NCC(=O)c1cc2ccc(Br)cc2s1. The van der Waals surface area contributed by atoms with E-state index in [1.54, 1.807) is 0 Å². The summed E-state index contributed by atoms with van der Waals surface area (Å²) in [5, 5.41) is 1.09. The third-order valence-corrected chi connectivity index (χ3v) is 3.57. The molecule has 1 heterocycles. The molecule has 2 rings (SSSR count). The molecule has 0 aliphatic heterocycles. The van der Waals surface area contributed by atoms with E-state index in [2.05, 4.69) is 15.9 Å². The van der Waals surface area contributed by atoms with Crippen molar-refractivity contribution < 1.29 is 4.79 Å². The number of rotatable bonds is 2. The Kier molecular flexibility index (Phi) is 2.67. The van der Waals surface area contributed by atoms with E-state index < -0.39 is 0 Å². The zero-order valence-electron chi connectivity index (χ0n) is 7.29. The molecule has 0 atom stereocenters. The van der Waals surface area contributed by atoms with Crippen LogP contribution < -0.4 is 5.73 Å². The topological polar surface area (TPSA) is 43.1 Å². The first-order chi connectivity index (χ1) is 6.70. The largest absolute Gasteiger partial charge is 0.324 e. The molecule has 14 heavy (non-hydrogen) atoms. The maximum Gasteiger partial charge on any atom is 0.186 e. The number of hydrogen-bond acceptors (Lipinski definition) is 3. The first kappa shape index (κ1) is 9.83. The van der Waals surface area contributed by atoms with E-state index >= 15 is 0 Å². The van der Waals surface area contributed by atoms with Crippen LogP contribution in [0.25, 0.3) is 10.1 Å². The summed E-state index contributed by atoms with van der Waals surface area (Å²) in [5.74, 6) is 0.00215. The van der Waals surface area contributed by atoms with Gasteiger partial charge < -0.3 is 5.73 Å². The first-order valence-electron chi connectivity index (χ1n) is 4.13. The number of ketones is 1. The van der Waals surface area contributed by atoms with E-state index in [0.29, 0.717) is 0 Å². The molecule has 0 radical (unpaired) electrons. The molecule has 0 aliphatic rings. The molecule has 1 aromatic heterocycles. The number of carbonyl (C=O) groups excluding carboxylic acids is 1. The Labute approximate surface area is 93.9 Å². The van der Waals surface area contributed by atoms with Crippen molar-refractivity contribution in [3.63, 3.8) is 0 Å². The summed E-state index contributed by atoms with van der Waals surface area (Å²) in [6, 6.07) is 7.85. The van der Waals surface area contributed by atoms with E-state index in [9.17, 15) is 4.79 Å². The minimum Gasteiger partial charge on any atom is -0.324 e. The minimum atomic E-state index is 0.00215. The zero-order chi connectivity index (χ0) is 10.1. The molecular weight excluding hydrogens is 262 g/mol. The van der Waals surface area contributed by atoms with Gasteiger partial charge >= 0.3 is 0 Å². The van der Waals surface area contributed by atoms with Crippen molar-refractivity contribution in [2.75, 3.05) is 6.54 Å². The normalized spacial score (nSPS) is 10.7. The van der Waals surface area contributed by atoms with Gasteiger partial charge in [0.05, 0.1) is 11.4 Å². The van der Waals surface area contributed by atoms with Gasteiger partial charge in [-0.05, 0) is 23.6 Å². The van der Waals surface area contributed by atoms with Crippen LogP contribution in [0.3, 0.4) is 0 Å². The van der Waals surface area contributed by atoms with Gasteiger partial charge in [0.1, 0.15) is 0 Å². The van der Waals surface area contributed by atoms with Gasteiger partial charge in [0.25, 0.3) is 0 Å². The second-order valence-corrected chi connectivity index (χ2v) is 4.92. The maximum atomic E-state index is 11.3. The standard InChI is InChI=1S/C10H8BrNOS/c11-7-2-1-6-3-10(8(13)5-12)14-9(6)4-7/h1-4H,5,12H2. The first-order valence-corrected chi connectivity index (χ1v) is 5.74. The van der Waals surface area contributed by atoms with Crippen molar-refractivity contribution in [3.8, 4) is 0 Å². The number of halogens is 1. The highest BCUT2D eigenvalue weighted by atomic mass is 79.9. The summed E-state index contributed by atoms with van der Waals surface area (Å²) >= 11 is 4.88. The fourth-order valence-corrected chi connectivity index (χ4v) is 2.81. The molecule has 0 bridgehead atoms. The Morgan fingerprint density at radius 3 is 2.93 bits per heavy atom. The lowest BCUT2D eigenvalue weighted by Crippen LogP contribution is -2.11. The lowest BCUT2D eigenvalue weighted by atomic mass is 10.2. The molecule has 72 valence electrons. The molecule has 2 aromatic rings. The van der Waals surface area contributed by atoms with Gasteiger partial charge in [0.2, 0.25) is 0 Å². The van der Waals surface area contributed by atoms with Crippen molar-refractivity contribution in [3.05, 3.63) is 33.6 Å². The molecule has 0 amide bonds. The molecule has 0 saturated heterocycles. The summed E-state index contributed by atoms with van der Waals surface area (Å²) < 4.78 is 2.13. The molecule has 0 spiro atoms. The number of carbonyl (C=O) groups is 1. The Hall–Kier alpha value is -0.710. The van der Waals surface area contributed by atoms with Crippen LogP contribution in [-0.4, -0.2) is 12.3 Å². The van der Waals surface area contributed by atoms with Crippen molar-refractivity contribution in [1.82, 2.24) is 0 Å². The summed E-state index contributed by atoms with van der Waals surface area (Å²) in [4.78, 5) is 12.1. The Balaban J connectivity index is 2.56. The average Bonchev–Trinajstić information content (AvgIpc) is 2.59. The molecule has 2 nitrogen and oxygen atoms in total. The highest BCUT2D eigenvalue weighted by Crippen LogP contribution is 2.28. The van der Waals surface area contributed by atoms with E-state index in [4.69, 9.17) is 5.73 Å². The lowest BCUT2D eigenvalue weighted by Gasteiger charge is -1.88. The quantitative estimate of drug-likeness (QED) is 0.853. The third kappa shape index (κ3) is 1.73. The smallest absolute Gasteiger partial charge is 0.186 e. The fraction of sp³-hybridized carbons (Fsp3) is 0.100.